The first-order valence-corrected chi connectivity index (χ1v) is 10.3. The standard InChI is InChI=1S/C23H22F4N6O2/c1-2-29-11-14(10-28)20(34)33-22(7-8-22)21(35)31-12-16-4-5-17(13-30-16)32-19-9-15(24)3-6-18(19)23(25,26)27/h2-6,9-11,13,32H,1,7-8,12,28H2,(H,31,35)(H,33,34)/b14-10+,29-11-. The smallest absolute Gasteiger partial charge is 0.404 e. The van der Waals surface area contributed by atoms with Crippen molar-refractivity contribution in [3.8, 4) is 0 Å². The zero-order valence-corrected chi connectivity index (χ0v) is 18.3. The maximum atomic E-state index is 13.5. The van der Waals surface area contributed by atoms with Gasteiger partial charge in [-0.3, -0.25) is 19.6 Å². The number of hydrogen-bond acceptors (Lipinski definition) is 6. The highest BCUT2D eigenvalue weighted by molar-refractivity contribution is 6.13. The number of halogens is 4. The molecule has 1 fully saturated rings. The lowest BCUT2D eigenvalue weighted by Gasteiger charge is -2.17. The lowest BCUT2D eigenvalue weighted by Crippen LogP contribution is -2.49. The molecule has 3 rings (SSSR count). The van der Waals surface area contributed by atoms with Gasteiger partial charge in [-0.05, 0) is 43.2 Å². The van der Waals surface area contributed by atoms with Crippen molar-refractivity contribution in [3.05, 3.63) is 78.2 Å². The molecule has 0 bridgehead atoms. The summed E-state index contributed by atoms with van der Waals surface area (Å²) in [5.41, 5.74) is 3.58. The summed E-state index contributed by atoms with van der Waals surface area (Å²) in [7, 11) is 0. The minimum atomic E-state index is -4.67. The van der Waals surface area contributed by atoms with Crippen molar-refractivity contribution in [3.63, 3.8) is 0 Å². The number of rotatable bonds is 9. The zero-order chi connectivity index (χ0) is 25.6. The van der Waals surface area contributed by atoms with Gasteiger partial charge < -0.3 is 21.7 Å². The summed E-state index contributed by atoms with van der Waals surface area (Å²) >= 11 is 0. The topological polar surface area (TPSA) is 121 Å². The molecule has 2 amide bonds. The third-order valence-electron chi connectivity index (χ3n) is 5.12. The molecule has 35 heavy (non-hydrogen) atoms. The number of carbonyl (C=O) groups excluding carboxylic acids is 2. The van der Waals surface area contributed by atoms with E-state index in [1.165, 1.54) is 30.7 Å². The fourth-order valence-electron chi connectivity index (χ4n) is 3.10. The molecule has 1 saturated carbocycles. The second-order valence-corrected chi connectivity index (χ2v) is 7.65. The van der Waals surface area contributed by atoms with Crippen LogP contribution < -0.4 is 21.7 Å². The molecule has 0 atom stereocenters. The molecule has 0 saturated heterocycles. The number of aromatic nitrogens is 1. The fourth-order valence-corrected chi connectivity index (χ4v) is 3.10. The van der Waals surface area contributed by atoms with E-state index in [1.54, 1.807) is 0 Å². The number of pyridine rings is 1. The van der Waals surface area contributed by atoms with Crippen molar-refractivity contribution in [2.75, 3.05) is 5.32 Å². The maximum Gasteiger partial charge on any atom is 0.418 e. The lowest BCUT2D eigenvalue weighted by atomic mass is 10.1. The first-order valence-electron chi connectivity index (χ1n) is 10.3. The van der Waals surface area contributed by atoms with Crippen molar-refractivity contribution in [1.82, 2.24) is 15.6 Å². The Morgan fingerprint density at radius 3 is 2.54 bits per heavy atom. The van der Waals surface area contributed by atoms with Crippen LogP contribution in [-0.2, 0) is 22.3 Å². The van der Waals surface area contributed by atoms with E-state index >= 15 is 0 Å². The van der Waals surface area contributed by atoms with Crippen LogP contribution in [0.1, 0.15) is 24.1 Å². The molecule has 2 aromatic rings. The number of nitrogens with one attached hydrogen (secondary N) is 3. The molecule has 1 aromatic carbocycles. The molecule has 8 nitrogen and oxygen atoms in total. The van der Waals surface area contributed by atoms with Crippen LogP contribution in [0, 0.1) is 5.82 Å². The van der Waals surface area contributed by atoms with Crippen LogP contribution in [-0.4, -0.2) is 28.6 Å². The van der Waals surface area contributed by atoms with Gasteiger partial charge in [-0.2, -0.15) is 13.2 Å². The molecule has 12 heteroatoms. The summed E-state index contributed by atoms with van der Waals surface area (Å²) in [6.07, 6.45) is 0.991. The number of anilines is 2. The van der Waals surface area contributed by atoms with Gasteiger partial charge in [0.25, 0.3) is 5.91 Å². The Morgan fingerprint density at radius 1 is 1.23 bits per heavy atom. The minimum Gasteiger partial charge on any atom is -0.404 e. The second kappa shape index (κ2) is 10.4. The Bertz CT molecular complexity index is 1170. The number of hydrogen-bond donors (Lipinski definition) is 4. The van der Waals surface area contributed by atoms with Gasteiger partial charge in [-0.25, -0.2) is 4.39 Å². The summed E-state index contributed by atoms with van der Waals surface area (Å²) in [6.45, 7) is 3.42. The SMILES string of the molecule is C=C/N=C\C(=C/N)C(=O)NC1(C(=O)NCc2ccc(Nc3cc(F)ccc3C(F)(F)F)cn2)CC1. The van der Waals surface area contributed by atoms with Crippen LogP contribution in [0.15, 0.2) is 66.1 Å². The van der Waals surface area contributed by atoms with E-state index in [4.69, 9.17) is 5.73 Å². The third-order valence-corrected chi connectivity index (χ3v) is 5.12. The maximum absolute atomic E-state index is 13.5. The van der Waals surface area contributed by atoms with Gasteiger partial charge in [-0.1, -0.05) is 6.58 Å². The Kier molecular flexibility index (Phi) is 7.52. The van der Waals surface area contributed by atoms with Crippen LogP contribution in [0.5, 0.6) is 0 Å². The normalized spacial score (nSPS) is 14.9. The third kappa shape index (κ3) is 6.43. The number of carbonyl (C=O) groups is 2. The molecular weight excluding hydrogens is 468 g/mol. The molecule has 1 aliphatic carbocycles. The average molecular weight is 490 g/mol. The fraction of sp³-hybridized carbons (Fsp3) is 0.217. The number of aliphatic imine (C=N–C) groups is 1. The van der Waals surface area contributed by atoms with Crippen molar-refractivity contribution < 1.29 is 27.2 Å². The van der Waals surface area contributed by atoms with E-state index in [0.29, 0.717) is 24.6 Å². The molecule has 0 unspecified atom stereocenters. The number of alkyl halides is 3. The molecule has 0 aliphatic heterocycles. The van der Waals surface area contributed by atoms with E-state index in [2.05, 4.69) is 32.5 Å². The summed E-state index contributed by atoms with van der Waals surface area (Å²) in [5, 5.41) is 7.83. The van der Waals surface area contributed by atoms with Crippen LogP contribution in [0.4, 0.5) is 28.9 Å². The molecule has 1 aliphatic rings. The van der Waals surface area contributed by atoms with Gasteiger partial charge in [0.1, 0.15) is 11.4 Å². The van der Waals surface area contributed by atoms with Gasteiger partial charge in [0.2, 0.25) is 5.91 Å². The first-order chi connectivity index (χ1) is 16.6. The number of amides is 2. The van der Waals surface area contributed by atoms with Crippen LogP contribution in [0.25, 0.3) is 0 Å². The number of benzene rings is 1. The molecule has 1 aromatic heterocycles. The van der Waals surface area contributed by atoms with Crippen molar-refractivity contribution in [2.24, 2.45) is 10.7 Å². The molecule has 0 radical (unpaired) electrons. The minimum absolute atomic E-state index is 0.0159. The highest BCUT2D eigenvalue weighted by Gasteiger charge is 2.51. The molecule has 0 spiro atoms. The molecule has 5 N–H and O–H groups in total. The largest absolute Gasteiger partial charge is 0.418 e. The quantitative estimate of drug-likeness (QED) is 0.244. The van der Waals surface area contributed by atoms with E-state index < -0.39 is 40.6 Å². The average Bonchev–Trinajstić information content (AvgIpc) is 3.58. The Balaban J connectivity index is 1.60. The lowest BCUT2D eigenvalue weighted by molar-refractivity contribution is -0.137. The van der Waals surface area contributed by atoms with Gasteiger partial charge in [0, 0.05) is 18.6 Å². The summed E-state index contributed by atoms with van der Waals surface area (Å²) in [5.74, 6) is -1.80. The Labute approximate surface area is 198 Å². The number of nitrogens with two attached hydrogens (primary N) is 1. The van der Waals surface area contributed by atoms with Crippen LogP contribution in [0.3, 0.4) is 0 Å². The van der Waals surface area contributed by atoms with Crippen molar-refractivity contribution in [2.45, 2.75) is 31.1 Å². The number of nitrogens with zero attached hydrogens (tertiary/aromatic N) is 2. The van der Waals surface area contributed by atoms with E-state index in [-0.39, 0.29) is 17.8 Å². The second-order valence-electron chi connectivity index (χ2n) is 7.65. The van der Waals surface area contributed by atoms with Crippen molar-refractivity contribution in [1.29, 1.82) is 0 Å². The van der Waals surface area contributed by atoms with Crippen molar-refractivity contribution >= 4 is 29.4 Å². The predicted octanol–water partition coefficient (Wildman–Crippen LogP) is 3.31. The predicted molar refractivity (Wildman–Crippen MR) is 122 cm³/mol. The highest BCUT2D eigenvalue weighted by atomic mass is 19.4. The molecule has 184 valence electrons. The van der Waals surface area contributed by atoms with E-state index in [1.807, 2.05) is 0 Å². The van der Waals surface area contributed by atoms with E-state index in [0.717, 1.165) is 18.3 Å². The zero-order valence-electron chi connectivity index (χ0n) is 18.3. The van der Waals surface area contributed by atoms with Crippen LogP contribution >= 0.6 is 0 Å². The summed E-state index contributed by atoms with van der Waals surface area (Å²) < 4.78 is 52.9. The van der Waals surface area contributed by atoms with Gasteiger partial charge in [0.05, 0.1) is 40.9 Å². The Hall–Kier alpha value is -4.22. The van der Waals surface area contributed by atoms with Gasteiger partial charge in [-0.15, -0.1) is 0 Å². The summed E-state index contributed by atoms with van der Waals surface area (Å²) in [4.78, 5) is 32.8. The van der Waals surface area contributed by atoms with Crippen LogP contribution in [0.2, 0.25) is 0 Å². The molecular formula is C23H22F4N6O2. The molecule has 1 heterocycles. The Morgan fingerprint density at radius 2 is 1.97 bits per heavy atom. The van der Waals surface area contributed by atoms with E-state index in [9.17, 15) is 27.2 Å². The monoisotopic (exact) mass is 490 g/mol. The summed E-state index contributed by atoms with van der Waals surface area (Å²) in [6, 6.07) is 5.07. The van der Waals surface area contributed by atoms with Gasteiger partial charge >= 0.3 is 6.18 Å². The highest BCUT2D eigenvalue weighted by Crippen LogP contribution is 2.37. The first kappa shape index (κ1) is 25.4. The van der Waals surface area contributed by atoms with Gasteiger partial charge in [0.15, 0.2) is 0 Å².